The first-order chi connectivity index (χ1) is 11.6. The van der Waals surface area contributed by atoms with Crippen LogP contribution in [0.2, 0.25) is 0 Å². The van der Waals surface area contributed by atoms with Crippen LogP contribution in [0.15, 0.2) is 37.1 Å². The lowest BCUT2D eigenvalue weighted by molar-refractivity contribution is 0.316. The van der Waals surface area contributed by atoms with Crippen molar-refractivity contribution in [1.29, 1.82) is 0 Å². The van der Waals surface area contributed by atoms with Crippen LogP contribution >= 0.6 is 11.3 Å². The van der Waals surface area contributed by atoms with Crippen LogP contribution in [0.1, 0.15) is 0 Å². The summed E-state index contributed by atoms with van der Waals surface area (Å²) >= 11 is 1.65. The number of hydrazine groups is 1. The second-order valence-corrected chi connectivity index (χ2v) is 6.76. The number of nitrogen functional groups attached to an aromatic ring is 1. The number of fused-ring (bicyclic) bond motifs is 1. The van der Waals surface area contributed by atoms with Crippen molar-refractivity contribution in [2.24, 2.45) is 11.8 Å². The molecule has 8 heteroatoms. The molecule has 1 atom stereocenters. The van der Waals surface area contributed by atoms with Gasteiger partial charge in [0.25, 0.3) is 0 Å². The molecule has 3 rings (SSSR count). The van der Waals surface area contributed by atoms with Gasteiger partial charge in [-0.25, -0.2) is 9.99 Å². The molecule has 0 saturated heterocycles. The maximum Gasteiger partial charge on any atom is 0.126 e. The summed E-state index contributed by atoms with van der Waals surface area (Å²) in [6.45, 7) is 5.33. The number of hydrogen-bond acceptors (Lipinski definition) is 7. The van der Waals surface area contributed by atoms with E-state index in [1.165, 1.54) is 0 Å². The van der Waals surface area contributed by atoms with Crippen LogP contribution in [-0.2, 0) is 0 Å². The zero-order valence-corrected chi connectivity index (χ0v) is 14.3. The molecule has 1 unspecified atom stereocenters. The van der Waals surface area contributed by atoms with Crippen molar-refractivity contribution in [3.8, 4) is 10.6 Å². The number of pyridine rings is 1. The quantitative estimate of drug-likeness (QED) is 0.298. The topological polar surface area (TPSA) is 109 Å². The molecule has 0 aliphatic heterocycles. The summed E-state index contributed by atoms with van der Waals surface area (Å²) in [6.07, 6.45) is 3.64. The Morgan fingerprint density at radius 3 is 3.00 bits per heavy atom. The molecule has 6 N–H and O–H groups in total. The number of hydrogen-bond donors (Lipinski definition) is 4. The van der Waals surface area contributed by atoms with E-state index in [2.05, 4.69) is 27.1 Å². The molecule has 0 aromatic carbocycles. The maximum absolute atomic E-state index is 5.96. The van der Waals surface area contributed by atoms with E-state index >= 15 is 0 Å². The van der Waals surface area contributed by atoms with Crippen LogP contribution in [0.25, 0.3) is 20.8 Å². The minimum atomic E-state index is 0.233. The first kappa shape index (κ1) is 16.4. The number of rotatable bonds is 7. The molecule has 7 nitrogen and oxygen atoms in total. The standard InChI is InChI=1S/C16H21N7S/c1-3-10(9-23(2)18)8-19-12-7-15(17)21-13-6-14(24-16(12)13)11-4-5-20-22-11/h3-7,10H,1,8-9,18H2,2H3,(H,20,22)(H3,17,19,21). The van der Waals surface area contributed by atoms with E-state index in [1.54, 1.807) is 22.5 Å². The summed E-state index contributed by atoms with van der Waals surface area (Å²) in [6, 6.07) is 5.82. The third-order valence-electron chi connectivity index (χ3n) is 3.68. The Bertz CT molecular complexity index is 822. The van der Waals surface area contributed by atoms with E-state index in [1.807, 2.05) is 31.3 Å². The normalized spacial score (nSPS) is 12.6. The fourth-order valence-electron chi connectivity index (χ4n) is 2.53. The second-order valence-electron chi connectivity index (χ2n) is 5.71. The number of nitrogens with one attached hydrogen (secondary N) is 2. The molecule has 0 saturated carbocycles. The lowest BCUT2D eigenvalue weighted by Crippen LogP contribution is -2.33. The van der Waals surface area contributed by atoms with Crippen LogP contribution < -0.4 is 16.9 Å². The summed E-state index contributed by atoms with van der Waals surface area (Å²) in [4.78, 5) is 5.50. The van der Waals surface area contributed by atoms with E-state index in [0.717, 1.165) is 39.6 Å². The van der Waals surface area contributed by atoms with Gasteiger partial charge in [-0.2, -0.15) is 5.10 Å². The molecule has 0 aliphatic carbocycles. The molecular weight excluding hydrogens is 322 g/mol. The zero-order valence-electron chi connectivity index (χ0n) is 13.5. The molecule has 0 bridgehead atoms. The van der Waals surface area contributed by atoms with Gasteiger partial charge >= 0.3 is 0 Å². The summed E-state index contributed by atoms with van der Waals surface area (Å²) in [7, 11) is 1.84. The third kappa shape index (κ3) is 3.56. The van der Waals surface area contributed by atoms with E-state index < -0.39 is 0 Å². The highest BCUT2D eigenvalue weighted by Gasteiger charge is 2.13. The molecule has 24 heavy (non-hydrogen) atoms. The minimum absolute atomic E-state index is 0.233. The molecule has 0 spiro atoms. The molecule has 0 radical (unpaired) electrons. The average molecular weight is 343 g/mol. The van der Waals surface area contributed by atoms with Crippen molar-refractivity contribution in [1.82, 2.24) is 20.2 Å². The fraction of sp³-hybridized carbons (Fsp3) is 0.250. The van der Waals surface area contributed by atoms with Gasteiger partial charge in [-0.05, 0) is 12.1 Å². The SMILES string of the molecule is C=CC(CNc1cc(N)nc2cc(-c3ccn[nH]3)sc12)CN(C)N. The summed E-state index contributed by atoms with van der Waals surface area (Å²) < 4.78 is 1.07. The lowest BCUT2D eigenvalue weighted by atomic mass is 10.1. The van der Waals surface area contributed by atoms with Crippen LogP contribution in [0.5, 0.6) is 0 Å². The summed E-state index contributed by atoms with van der Waals surface area (Å²) in [5.74, 6) is 6.45. The van der Waals surface area contributed by atoms with Gasteiger partial charge in [0.2, 0.25) is 0 Å². The Kier molecular flexibility index (Phi) is 4.79. The van der Waals surface area contributed by atoms with Crippen LogP contribution in [0, 0.1) is 5.92 Å². The highest BCUT2D eigenvalue weighted by Crippen LogP contribution is 2.36. The Morgan fingerprint density at radius 1 is 1.50 bits per heavy atom. The highest BCUT2D eigenvalue weighted by molar-refractivity contribution is 7.22. The van der Waals surface area contributed by atoms with Gasteiger partial charge in [0.05, 0.1) is 26.5 Å². The van der Waals surface area contributed by atoms with Gasteiger partial charge < -0.3 is 11.1 Å². The number of nitrogens with two attached hydrogens (primary N) is 2. The van der Waals surface area contributed by atoms with Crippen molar-refractivity contribution >= 4 is 33.1 Å². The van der Waals surface area contributed by atoms with E-state index in [9.17, 15) is 0 Å². The predicted molar refractivity (Wildman–Crippen MR) is 101 cm³/mol. The van der Waals surface area contributed by atoms with Gasteiger partial charge in [-0.1, -0.05) is 6.08 Å². The number of H-pyrrole nitrogens is 1. The second kappa shape index (κ2) is 7.00. The average Bonchev–Trinajstić information content (AvgIpc) is 3.19. The molecule has 126 valence electrons. The van der Waals surface area contributed by atoms with Gasteiger partial charge in [-0.15, -0.1) is 17.9 Å². The monoisotopic (exact) mass is 343 g/mol. The number of thiophene rings is 1. The van der Waals surface area contributed by atoms with Crippen LogP contribution in [0.3, 0.4) is 0 Å². The van der Waals surface area contributed by atoms with Crippen molar-refractivity contribution in [3.05, 3.63) is 37.1 Å². The number of nitrogens with zero attached hydrogens (tertiary/aromatic N) is 3. The van der Waals surface area contributed by atoms with E-state index in [0.29, 0.717) is 5.82 Å². The number of aromatic amines is 1. The highest BCUT2D eigenvalue weighted by atomic mass is 32.1. The Hall–Kier alpha value is -2.42. The molecule has 3 aromatic rings. The molecular formula is C16H21N7S. The molecule has 3 aromatic heterocycles. The van der Waals surface area contributed by atoms with Gasteiger partial charge in [0.15, 0.2) is 0 Å². The van der Waals surface area contributed by atoms with Crippen LogP contribution in [-0.4, -0.2) is 40.3 Å². The van der Waals surface area contributed by atoms with Crippen molar-refractivity contribution < 1.29 is 0 Å². The first-order valence-corrected chi connectivity index (χ1v) is 8.40. The fourth-order valence-corrected chi connectivity index (χ4v) is 3.60. The molecule has 3 heterocycles. The Morgan fingerprint density at radius 2 is 2.33 bits per heavy atom. The summed E-state index contributed by atoms with van der Waals surface area (Å²) in [5.41, 5.74) is 8.77. The number of anilines is 2. The minimum Gasteiger partial charge on any atom is -0.384 e. The van der Waals surface area contributed by atoms with Crippen molar-refractivity contribution in [2.75, 3.05) is 31.2 Å². The predicted octanol–water partition coefficient (Wildman–Crippen LogP) is 2.29. The largest absolute Gasteiger partial charge is 0.384 e. The molecule has 0 aliphatic rings. The molecule has 0 amide bonds. The van der Waals surface area contributed by atoms with E-state index in [4.69, 9.17) is 11.6 Å². The van der Waals surface area contributed by atoms with E-state index in [-0.39, 0.29) is 5.92 Å². The van der Waals surface area contributed by atoms with Gasteiger partial charge in [0, 0.05) is 38.3 Å². The maximum atomic E-state index is 5.96. The smallest absolute Gasteiger partial charge is 0.126 e. The lowest BCUT2D eigenvalue weighted by Gasteiger charge is -2.18. The zero-order chi connectivity index (χ0) is 17.1. The Balaban J connectivity index is 1.88. The third-order valence-corrected chi connectivity index (χ3v) is 4.87. The molecule has 0 fully saturated rings. The van der Waals surface area contributed by atoms with Crippen LogP contribution in [0.4, 0.5) is 11.5 Å². The first-order valence-electron chi connectivity index (χ1n) is 7.59. The number of aromatic nitrogens is 3. The van der Waals surface area contributed by atoms with Crippen molar-refractivity contribution in [3.63, 3.8) is 0 Å². The van der Waals surface area contributed by atoms with Crippen molar-refractivity contribution in [2.45, 2.75) is 0 Å². The van der Waals surface area contributed by atoms with Gasteiger partial charge in [0.1, 0.15) is 5.82 Å². The van der Waals surface area contributed by atoms with Gasteiger partial charge in [-0.3, -0.25) is 10.9 Å². The summed E-state index contributed by atoms with van der Waals surface area (Å²) in [5, 5.41) is 12.1. The Labute approximate surface area is 144 Å².